The topological polar surface area (TPSA) is 67.4 Å². The van der Waals surface area contributed by atoms with Gasteiger partial charge in [0.05, 0.1) is 20.8 Å². The Balaban J connectivity index is 2.08. The molecule has 0 spiro atoms. The van der Waals surface area contributed by atoms with Crippen LogP contribution in [0.1, 0.15) is 11.5 Å². The molecule has 2 rings (SSSR count). The molecule has 0 aliphatic heterocycles. The Labute approximate surface area is 111 Å². The molecule has 1 N–H and O–H groups in total. The molecule has 98 valence electrons. The van der Waals surface area contributed by atoms with Gasteiger partial charge in [-0.2, -0.15) is 5.26 Å². The van der Waals surface area contributed by atoms with Crippen LogP contribution in [0.25, 0.3) is 0 Å². The molecular formula is C14H14N2O3. The minimum absolute atomic E-state index is 0.306. The van der Waals surface area contributed by atoms with Crippen LogP contribution in [-0.4, -0.2) is 14.2 Å². The van der Waals surface area contributed by atoms with E-state index in [1.807, 2.05) is 18.2 Å². The Bertz CT molecular complexity index is 577. The van der Waals surface area contributed by atoms with Crippen molar-refractivity contribution in [1.82, 2.24) is 0 Å². The van der Waals surface area contributed by atoms with Crippen molar-refractivity contribution < 1.29 is 13.9 Å². The maximum atomic E-state index is 8.68. The fourth-order valence-corrected chi connectivity index (χ4v) is 1.63. The van der Waals surface area contributed by atoms with Crippen molar-refractivity contribution in [2.45, 2.75) is 6.54 Å². The molecule has 5 nitrogen and oxygen atoms in total. The second kappa shape index (κ2) is 5.83. The number of nitrogens with one attached hydrogen (secondary N) is 1. The van der Waals surface area contributed by atoms with Gasteiger partial charge in [0, 0.05) is 23.9 Å². The first kappa shape index (κ1) is 12.8. The third-order valence-electron chi connectivity index (χ3n) is 2.59. The van der Waals surface area contributed by atoms with E-state index in [9.17, 15) is 0 Å². The van der Waals surface area contributed by atoms with Crippen molar-refractivity contribution in [3.05, 3.63) is 41.9 Å². The first-order chi connectivity index (χ1) is 9.25. The van der Waals surface area contributed by atoms with Crippen molar-refractivity contribution in [1.29, 1.82) is 5.26 Å². The third-order valence-corrected chi connectivity index (χ3v) is 2.59. The van der Waals surface area contributed by atoms with Crippen LogP contribution < -0.4 is 14.8 Å². The number of ether oxygens (including phenoxy) is 2. The van der Waals surface area contributed by atoms with Crippen molar-refractivity contribution in [3.63, 3.8) is 0 Å². The van der Waals surface area contributed by atoms with Gasteiger partial charge >= 0.3 is 0 Å². The highest BCUT2D eigenvalue weighted by Crippen LogP contribution is 2.26. The number of benzene rings is 1. The van der Waals surface area contributed by atoms with Crippen molar-refractivity contribution in [2.24, 2.45) is 0 Å². The van der Waals surface area contributed by atoms with Gasteiger partial charge in [0.25, 0.3) is 0 Å². The molecule has 0 radical (unpaired) electrons. The van der Waals surface area contributed by atoms with E-state index in [2.05, 4.69) is 5.32 Å². The Kier molecular flexibility index (Phi) is 3.94. The second-order valence-electron chi connectivity index (χ2n) is 3.83. The van der Waals surface area contributed by atoms with E-state index in [0.29, 0.717) is 29.6 Å². The summed E-state index contributed by atoms with van der Waals surface area (Å²) in [7, 11) is 3.20. The fourth-order valence-electron chi connectivity index (χ4n) is 1.63. The number of hydrogen-bond donors (Lipinski definition) is 1. The highest BCUT2D eigenvalue weighted by Gasteiger charge is 2.04. The number of nitrogens with zero attached hydrogens (tertiary/aromatic N) is 1. The number of methoxy groups -OCH3 is 2. The predicted molar refractivity (Wildman–Crippen MR) is 70.3 cm³/mol. The van der Waals surface area contributed by atoms with E-state index >= 15 is 0 Å². The minimum atomic E-state index is 0.306. The van der Waals surface area contributed by atoms with E-state index in [1.54, 1.807) is 32.4 Å². The fraction of sp³-hybridized carbons (Fsp3) is 0.214. The summed E-state index contributed by atoms with van der Waals surface area (Å²) in [6.45, 7) is 0.484. The molecule has 1 aromatic carbocycles. The van der Waals surface area contributed by atoms with Crippen LogP contribution in [0.3, 0.4) is 0 Å². The van der Waals surface area contributed by atoms with E-state index in [4.69, 9.17) is 19.2 Å². The lowest BCUT2D eigenvalue weighted by Gasteiger charge is -2.09. The van der Waals surface area contributed by atoms with Gasteiger partial charge in [0.1, 0.15) is 23.3 Å². The van der Waals surface area contributed by atoms with Crippen molar-refractivity contribution in [2.75, 3.05) is 19.5 Å². The molecule has 0 saturated heterocycles. The van der Waals surface area contributed by atoms with E-state index in [-0.39, 0.29) is 0 Å². The van der Waals surface area contributed by atoms with Crippen LogP contribution in [-0.2, 0) is 6.54 Å². The quantitative estimate of drug-likeness (QED) is 0.893. The third kappa shape index (κ3) is 3.19. The molecule has 19 heavy (non-hydrogen) atoms. The molecule has 0 bridgehead atoms. The highest BCUT2D eigenvalue weighted by molar-refractivity contribution is 5.53. The van der Waals surface area contributed by atoms with Crippen LogP contribution in [0, 0.1) is 11.3 Å². The van der Waals surface area contributed by atoms with Gasteiger partial charge in [0.15, 0.2) is 0 Å². The maximum Gasteiger partial charge on any atom is 0.203 e. The largest absolute Gasteiger partial charge is 0.497 e. The molecule has 0 aliphatic rings. The molecule has 1 heterocycles. The SMILES string of the molecule is COc1cc(NCc2ccc(C#N)o2)cc(OC)c1. The van der Waals surface area contributed by atoms with Crippen LogP contribution in [0.5, 0.6) is 11.5 Å². The smallest absolute Gasteiger partial charge is 0.203 e. The summed E-state index contributed by atoms with van der Waals surface area (Å²) in [6.07, 6.45) is 0. The average molecular weight is 258 g/mol. The van der Waals surface area contributed by atoms with E-state index in [0.717, 1.165) is 5.69 Å². The number of anilines is 1. The molecular weight excluding hydrogens is 244 g/mol. The second-order valence-corrected chi connectivity index (χ2v) is 3.83. The first-order valence-corrected chi connectivity index (χ1v) is 5.71. The molecule has 0 aliphatic carbocycles. The van der Waals surface area contributed by atoms with Crippen molar-refractivity contribution >= 4 is 5.69 Å². The molecule has 0 fully saturated rings. The monoisotopic (exact) mass is 258 g/mol. The Hall–Kier alpha value is -2.61. The van der Waals surface area contributed by atoms with E-state index in [1.165, 1.54) is 0 Å². The summed E-state index contributed by atoms with van der Waals surface area (Å²) in [5.74, 6) is 2.41. The summed E-state index contributed by atoms with van der Waals surface area (Å²) in [6, 6.07) is 10.9. The summed E-state index contributed by atoms with van der Waals surface area (Å²) < 4.78 is 15.7. The zero-order valence-corrected chi connectivity index (χ0v) is 10.8. The van der Waals surface area contributed by atoms with Gasteiger partial charge in [-0.3, -0.25) is 0 Å². The molecule has 2 aromatic rings. The number of furan rings is 1. The lowest BCUT2D eigenvalue weighted by atomic mass is 10.2. The van der Waals surface area contributed by atoms with Crippen LogP contribution in [0.4, 0.5) is 5.69 Å². The van der Waals surface area contributed by atoms with Gasteiger partial charge < -0.3 is 19.2 Å². The summed E-state index contributed by atoms with van der Waals surface area (Å²) in [4.78, 5) is 0. The van der Waals surface area contributed by atoms with Gasteiger partial charge in [-0.1, -0.05) is 0 Å². The summed E-state index contributed by atoms with van der Waals surface area (Å²) in [5, 5.41) is 11.9. The summed E-state index contributed by atoms with van der Waals surface area (Å²) >= 11 is 0. The van der Waals surface area contributed by atoms with Gasteiger partial charge in [-0.15, -0.1) is 0 Å². The van der Waals surface area contributed by atoms with Gasteiger partial charge in [-0.25, -0.2) is 0 Å². The van der Waals surface area contributed by atoms with Crippen molar-refractivity contribution in [3.8, 4) is 17.6 Å². The van der Waals surface area contributed by atoms with Gasteiger partial charge in [-0.05, 0) is 12.1 Å². The van der Waals surface area contributed by atoms with E-state index < -0.39 is 0 Å². The number of nitriles is 1. The molecule has 0 atom stereocenters. The minimum Gasteiger partial charge on any atom is -0.497 e. The predicted octanol–water partition coefficient (Wildman–Crippen LogP) is 2.78. The Morgan fingerprint density at radius 2 is 1.84 bits per heavy atom. The molecule has 0 amide bonds. The zero-order valence-electron chi connectivity index (χ0n) is 10.8. The van der Waals surface area contributed by atoms with Gasteiger partial charge in [0.2, 0.25) is 5.76 Å². The average Bonchev–Trinajstić information content (AvgIpc) is 2.92. The number of hydrogen-bond acceptors (Lipinski definition) is 5. The lowest BCUT2D eigenvalue weighted by Crippen LogP contribution is -1.99. The Morgan fingerprint density at radius 3 is 2.37 bits per heavy atom. The maximum absolute atomic E-state index is 8.68. The first-order valence-electron chi connectivity index (χ1n) is 5.71. The molecule has 5 heteroatoms. The van der Waals surface area contributed by atoms with Crippen LogP contribution in [0.2, 0.25) is 0 Å². The van der Waals surface area contributed by atoms with Crippen LogP contribution in [0.15, 0.2) is 34.7 Å². The molecule has 0 saturated carbocycles. The normalized spacial score (nSPS) is 9.74. The van der Waals surface area contributed by atoms with Crippen LogP contribution >= 0.6 is 0 Å². The zero-order chi connectivity index (χ0) is 13.7. The molecule has 0 unspecified atom stereocenters. The lowest BCUT2D eigenvalue weighted by molar-refractivity contribution is 0.394. The number of rotatable bonds is 5. The molecule has 1 aromatic heterocycles. The summed E-state index contributed by atoms with van der Waals surface area (Å²) in [5.41, 5.74) is 0.853. The Morgan fingerprint density at radius 1 is 1.16 bits per heavy atom. The standard InChI is InChI=1S/C14H14N2O3/c1-17-13-5-10(6-14(7-13)18-2)16-9-12-4-3-11(8-15)19-12/h3-7,16H,9H2,1-2H3. The highest BCUT2D eigenvalue weighted by atomic mass is 16.5.